The quantitative estimate of drug-likeness (QED) is 0.308. The molecule has 2 N–H and O–H groups in total. The zero-order valence-corrected chi connectivity index (χ0v) is 17.5. The molecular weight excluding hydrogens is 464 g/mol. The van der Waals surface area contributed by atoms with Crippen molar-refractivity contribution in [1.82, 2.24) is 0 Å². The number of benzene rings is 3. The number of carbonyl (C=O) groups is 1. The summed E-state index contributed by atoms with van der Waals surface area (Å²) in [6.07, 6.45) is 1.41. The van der Waals surface area contributed by atoms with Crippen molar-refractivity contribution in [2.75, 3.05) is 0 Å². The van der Waals surface area contributed by atoms with Gasteiger partial charge in [0.05, 0.1) is 12.0 Å². The van der Waals surface area contributed by atoms with Crippen LogP contribution in [0.5, 0.6) is 17.2 Å². The van der Waals surface area contributed by atoms with Crippen molar-refractivity contribution >= 4 is 32.9 Å². The first-order valence-corrected chi connectivity index (χ1v) is 10.3. The Morgan fingerprint density at radius 1 is 0.968 bits per heavy atom. The fraction of sp³-hybridized carbons (Fsp3) is 0.0833. The van der Waals surface area contributed by atoms with Crippen molar-refractivity contribution in [3.8, 4) is 28.4 Å². The van der Waals surface area contributed by atoms with E-state index in [0.717, 1.165) is 10.0 Å². The molecule has 0 saturated heterocycles. The second-order valence-electron chi connectivity index (χ2n) is 7.32. The molecule has 0 amide bonds. The van der Waals surface area contributed by atoms with Gasteiger partial charge in [0, 0.05) is 22.0 Å². The number of esters is 1. The van der Waals surface area contributed by atoms with Gasteiger partial charge >= 0.3 is 5.97 Å². The molecule has 5 rings (SSSR count). The third-order valence-corrected chi connectivity index (χ3v) is 5.95. The second kappa shape index (κ2) is 7.28. The van der Waals surface area contributed by atoms with Crippen LogP contribution in [0.15, 0.2) is 74.5 Å². The zero-order chi connectivity index (χ0) is 21.7. The Hall–Kier alpha value is -3.58. The Labute approximate surface area is 184 Å². The molecule has 154 valence electrons. The van der Waals surface area contributed by atoms with Gasteiger partial charge in [0.2, 0.25) is 5.43 Å². The number of hydrogen-bond acceptors (Lipinski definition) is 6. The molecule has 1 aliphatic heterocycles. The predicted molar refractivity (Wildman–Crippen MR) is 117 cm³/mol. The van der Waals surface area contributed by atoms with E-state index >= 15 is 0 Å². The van der Waals surface area contributed by atoms with Crippen molar-refractivity contribution in [2.24, 2.45) is 0 Å². The lowest BCUT2D eigenvalue weighted by Gasteiger charge is -2.26. The first kappa shape index (κ1) is 19.4. The summed E-state index contributed by atoms with van der Waals surface area (Å²) in [4.78, 5) is 25.5. The lowest BCUT2D eigenvalue weighted by Crippen LogP contribution is -2.22. The van der Waals surface area contributed by atoms with Gasteiger partial charge in [-0.15, -0.1) is 0 Å². The van der Waals surface area contributed by atoms with Crippen LogP contribution >= 0.6 is 15.9 Å². The Kier molecular flexibility index (Phi) is 4.55. The number of phenolic OH excluding ortho intramolecular Hbond substituents is 2. The zero-order valence-electron chi connectivity index (χ0n) is 16.0. The van der Waals surface area contributed by atoms with Crippen molar-refractivity contribution in [3.63, 3.8) is 0 Å². The van der Waals surface area contributed by atoms with E-state index in [9.17, 15) is 19.8 Å². The molecular formula is C24H15BrO6. The summed E-state index contributed by atoms with van der Waals surface area (Å²) in [7, 11) is 0. The summed E-state index contributed by atoms with van der Waals surface area (Å²) in [6, 6.07) is 14.9. The van der Waals surface area contributed by atoms with Gasteiger partial charge in [0.15, 0.2) is 0 Å². The second-order valence-corrected chi connectivity index (χ2v) is 8.24. The summed E-state index contributed by atoms with van der Waals surface area (Å²) in [6.45, 7) is 0. The molecule has 7 heteroatoms. The molecule has 1 atom stereocenters. The van der Waals surface area contributed by atoms with E-state index in [0.29, 0.717) is 11.1 Å². The van der Waals surface area contributed by atoms with Crippen LogP contribution in [0.4, 0.5) is 0 Å². The third kappa shape index (κ3) is 3.27. The van der Waals surface area contributed by atoms with Crippen LogP contribution in [0.25, 0.3) is 22.1 Å². The van der Waals surface area contributed by atoms with Gasteiger partial charge in [-0.05, 0) is 35.4 Å². The Morgan fingerprint density at radius 3 is 2.39 bits per heavy atom. The van der Waals surface area contributed by atoms with E-state index in [1.807, 2.05) is 24.3 Å². The van der Waals surface area contributed by atoms with E-state index in [1.54, 1.807) is 12.1 Å². The number of fused-ring (bicyclic) bond motifs is 3. The first-order chi connectivity index (χ1) is 14.9. The van der Waals surface area contributed by atoms with E-state index in [2.05, 4.69) is 15.9 Å². The molecule has 0 bridgehead atoms. The smallest absolute Gasteiger partial charge is 0.312 e. The van der Waals surface area contributed by atoms with Crippen LogP contribution in [0.1, 0.15) is 23.5 Å². The monoisotopic (exact) mass is 478 g/mol. The highest BCUT2D eigenvalue weighted by molar-refractivity contribution is 9.10. The molecule has 0 radical (unpaired) electrons. The van der Waals surface area contributed by atoms with Crippen LogP contribution in [0.2, 0.25) is 0 Å². The fourth-order valence-electron chi connectivity index (χ4n) is 3.95. The van der Waals surface area contributed by atoms with Crippen molar-refractivity contribution in [2.45, 2.75) is 12.3 Å². The van der Waals surface area contributed by atoms with Crippen LogP contribution in [0.3, 0.4) is 0 Å². The third-order valence-electron chi connectivity index (χ3n) is 5.42. The Bertz CT molecular complexity index is 1390. The van der Waals surface area contributed by atoms with E-state index in [1.165, 1.54) is 24.5 Å². The number of phenols is 2. The van der Waals surface area contributed by atoms with Crippen molar-refractivity contribution in [3.05, 3.63) is 86.7 Å². The Balaban J connectivity index is 1.77. The summed E-state index contributed by atoms with van der Waals surface area (Å²) < 4.78 is 12.1. The largest absolute Gasteiger partial charge is 0.508 e. The topological polar surface area (TPSA) is 97.0 Å². The highest BCUT2D eigenvalue weighted by Gasteiger charge is 2.33. The van der Waals surface area contributed by atoms with Crippen molar-refractivity contribution in [1.29, 1.82) is 0 Å². The van der Waals surface area contributed by atoms with Gasteiger partial charge in [0.25, 0.3) is 0 Å². The van der Waals surface area contributed by atoms with E-state index in [-0.39, 0.29) is 40.2 Å². The van der Waals surface area contributed by atoms with Gasteiger partial charge in [-0.3, -0.25) is 9.59 Å². The van der Waals surface area contributed by atoms with Gasteiger partial charge in [-0.1, -0.05) is 40.2 Å². The number of ether oxygens (including phenoxy) is 1. The standard InChI is InChI=1S/C24H15BrO6/c25-14-5-1-12(2-6-14)16-9-20(28)31-19-10-18(27)22-23(29)17(11-30-24(22)21(16)19)13-3-7-15(26)8-4-13/h1-8,10-11,16,26-27H,9H2. The molecule has 2 heterocycles. The predicted octanol–water partition coefficient (Wildman–Crippen LogP) is 5.07. The SMILES string of the molecule is O=C1CC(c2ccc(Br)cc2)c2c(cc(O)c3c(=O)c(-c4ccc(O)cc4)coc23)O1. The van der Waals surface area contributed by atoms with Crippen molar-refractivity contribution < 1.29 is 24.2 Å². The highest BCUT2D eigenvalue weighted by atomic mass is 79.9. The van der Waals surface area contributed by atoms with Crippen LogP contribution in [0, 0.1) is 0 Å². The summed E-state index contributed by atoms with van der Waals surface area (Å²) in [5.74, 6) is -0.899. The first-order valence-electron chi connectivity index (χ1n) is 9.49. The number of carbonyl (C=O) groups excluding carboxylic acids is 1. The van der Waals surface area contributed by atoms with Crippen LogP contribution in [-0.2, 0) is 4.79 Å². The minimum atomic E-state index is -0.428. The molecule has 0 spiro atoms. The summed E-state index contributed by atoms with van der Waals surface area (Å²) in [5.41, 5.74) is 1.96. The molecule has 0 aliphatic carbocycles. The average molecular weight is 479 g/mol. The number of hydrogen-bond donors (Lipinski definition) is 2. The molecule has 1 aliphatic rings. The number of rotatable bonds is 2. The van der Waals surface area contributed by atoms with Gasteiger partial charge in [-0.2, -0.15) is 0 Å². The highest BCUT2D eigenvalue weighted by Crippen LogP contribution is 2.45. The minimum absolute atomic E-state index is 0.0179. The molecule has 0 saturated carbocycles. The number of aromatic hydroxyl groups is 2. The molecule has 3 aromatic carbocycles. The summed E-state index contributed by atoms with van der Waals surface area (Å²) >= 11 is 3.41. The maximum absolute atomic E-state index is 13.3. The lowest BCUT2D eigenvalue weighted by atomic mass is 9.85. The normalized spacial score (nSPS) is 15.5. The van der Waals surface area contributed by atoms with Crippen LogP contribution in [-0.4, -0.2) is 16.2 Å². The molecule has 31 heavy (non-hydrogen) atoms. The average Bonchev–Trinajstić information content (AvgIpc) is 2.74. The maximum atomic E-state index is 13.3. The van der Waals surface area contributed by atoms with Crippen LogP contribution < -0.4 is 10.2 Å². The molecule has 1 aromatic heterocycles. The van der Waals surface area contributed by atoms with Gasteiger partial charge < -0.3 is 19.4 Å². The molecule has 6 nitrogen and oxygen atoms in total. The van der Waals surface area contributed by atoms with Gasteiger partial charge in [-0.25, -0.2) is 0 Å². The Morgan fingerprint density at radius 2 is 1.68 bits per heavy atom. The molecule has 1 unspecified atom stereocenters. The maximum Gasteiger partial charge on any atom is 0.312 e. The fourth-order valence-corrected chi connectivity index (χ4v) is 4.22. The van der Waals surface area contributed by atoms with E-state index < -0.39 is 17.3 Å². The lowest BCUT2D eigenvalue weighted by molar-refractivity contribution is -0.135. The molecule has 4 aromatic rings. The number of halogens is 1. The molecule has 0 fully saturated rings. The minimum Gasteiger partial charge on any atom is -0.508 e. The van der Waals surface area contributed by atoms with Gasteiger partial charge in [0.1, 0.15) is 34.5 Å². The van der Waals surface area contributed by atoms with E-state index in [4.69, 9.17) is 9.15 Å². The summed E-state index contributed by atoms with van der Waals surface area (Å²) in [5, 5.41) is 20.1.